The number of hydrogen-bond donors (Lipinski definition) is 3. The monoisotopic (exact) mass is 414 g/mol. The van der Waals surface area contributed by atoms with Crippen molar-refractivity contribution >= 4 is 34.6 Å². The molecule has 3 aromatic carbocycles. The molecule has 154 valence electrons. The van der Waals surface area contributed by atoms with E-state index < -0.39 is 0 Å². The summed E-state index contributed by atoms with van der Waals surface area (Å²) in [7, 11) is 1.57. The zero-order valence-corrected chi connectivity index (χ0v) is 16.6. The van der Waals surface area contributed by atoms with Crippen LogP contribution >= 0.6 is 0 Å². The predicted octanol–water partition coefficient (Wildman–Crippen LogP) is 4.38. The van der Waals surface area contributed by atoms with Gasteiger partial charge in [0.05, 0.1) is 11.0 Å². The number of carbonyl (C=O) groups is 2. The Hall–Kier alpha value is -4.26. The summed E-state index contributed by atoms with van der Waals surface area (Å²) in [6, 6.07) is 18.4. The molecule has 7 heteroatoms. The topological polar surface area (TPSA) is 86.9 Å². The van der Waals surface area contributed by atoms with Gasteiger partial charge in [0.25, 0.3) is 5.91 Å². The number of aromatic amines is 1. The summed E-state index contributed by atoms with van der Waals surface area (Å²) < 4.78 is 13.1. The minimum Gasteiger partial charge on any atom is -0.355 e. The molecule has 0 unspecified atom stereocenters. The molecule has 4 aromatic rings. The van der Waals surface area contributed by atoms with Gasteiger partial charge in [-0.3, -0.25) is 9.59 Å². The maximum Gasteiger partial charge on any atom is 0.251 e. The number of benzene rings is 3. The highest BCUT2D eigenvalue weighted by Crippen LogP contribution is 2.23. The van der Waals surface area contributed by atoms with Gasteiger partial charge in [-0.2, -0.15) is 0 Å². The number of imidazole rings is 1. The summed E-state index contributed by atoms with van der Waals surface area (Å²) in [5.41, 5.74) is 4.24. The SMILES string of the molecule is CNC(=O)c1ccc(/C=C/C(=O)Nc2ccc3nc(-c4ccc(F)cc4)[nH]c3c2)cc1. The standard InChI is InChI=1S/C24H19FN4O2/c1-26-24(31)17-5-2-15(3-6-17)4-13-22(30)27-19-11-12-20-21(14-19)29-23(28-20)16-7-9-18(25)10-8-16/h2-14H,1H3,(H,26,31)(H,27,30)(H,28,29)/b13-4+. The molecule has 4 rings (SSSR count). The molecule has 6 nitrogen and oxygen atoms in total. The second kappa shape index (κ2) is 8.62. The van der Waals surface area contributed by atoms with Gasteiger partial charge in [0.2, 0.25) is 5.91 Å². The van der Waals surface area contributed by atoms with Gasteiger partial charge in [-0.15, -0.1) is 0 Å². The van der Waals surface area contributed by atoms with Crippen LogP contribution < -0.4 is 10.6 Å². The van der Waals surface area contributed by atoms with Gasteiger partial charge in [0.1, 0.15) is 11.6 Å². The molecule has 31 heavy (non-hydrogen) atoms. The zero-order chi connectivity index (χ0) is 21.8. The minimum atomic E-state index is -0.305. The molecule has 0 spiro atoms. The molecule has 0 fully saturated rings. The number of nitrogens with one attached hydrogen (secondary N) is 3. The Balaban J connectivity index is 1.45. The van der Waals surface area contributed by atoms with E-state index in [0.717, 1.165) is 22.2 Å². The largest absolute Gasteiger partial charge is 0.355 e. The number of rotatable bonds is 5. The van der Waals surface area contributed by atoms with Crippen molar-refractivity contribution < 1.29 is 14.0 Å². The van der Waals surface area contributed by atoms with E-state index in [9.17, 15) is 14.0 Å². The number of halogens is 1. The van der Waals surface area contributed by atoms with Crippen molar-refractivity contribution in [3.8, 4) is 11.4 Å². The molecule has 0 saturated heterocycles. The summed E-state index contributed by atoms with van der Waals surface area (Å²) in [6.07, 6.45) is 3.10. The van der Waals surface area contributed by atoms with E-state index >= 15 is 0 Å². The molecule has 0 bridgehead atoms. The minimum absolute atomic E-state index is 0.162. The van der Waals surface area contributed by atoms with E-state index in [1.807, 2.05) is 0 Å². The normalized spacial score (nSPS) is 11.0. The smallest absolute Gasteiger partial charge is 0.251 e. The van der Waals surface area contributed by atoms with Gasteiger partial charge in [-0.05, 0) is 66.2 Å². The molecule has 1 heterocycles. The molecule has 0 aliphatic rings. The first-order chi connectivity index (χ1) is 15.0. The van der Waals surface area contributed by atoms with Gasteiger partial charge in [0.15, 0.2) is 0 Å². The molecule has 2 amide bonds. The van der Waals surface area contributed by atoms with Crippen molar-refractivity contribution in [3.63, 3.8) is 0 Å². The highest BCUT2D eigenvalue weighted by atomic mass is 19.1. The maximum absolute atomic E-state index is 13.1. The molecule has 0 saturated carbocycles. The second-order valence-electron chi connectivity index (χ2n) is 6.85. The number of hydrogen-bond acceptors (Lipinski definition) is 3. The summed E-state index contributed by atoms with van der Waals surface area (Å²) in [4.78, 5) is 31.5. The van der Waals surface area contributed by atoms with E-state index in [1.165, 1.54) is 18.2 Å². The highest BCUT2D eigenvalue weighted by Gasteiger charge is 2.07. The lowest BCUT2D eigenvalue weighted by Crippen LogP contribution is -2.17. The Morgan fingerprint density at radius 3 is 2.45 bits per heavy atom. The molecular weight excluding hydrogens is 395 g/mol. The van der Waals surface area contributed by atoms with Crippen molar-refractivity contribution in [2.75, 3.05) is 12.4 Å². The number of nitrogens with zero attached hydrogens (tertiary/aromatic N) is 1. The average molecular weight is 414 g/mol. The first kappa shape index (κ1) is 20.0. The van der Waals surface area contributed by atoms with Gasteiger partial charge in [-0.25, -0.2) is 9.37 Å². The predicted molar refractivity (Wildman–Crippen MR) is 119 cm³/mol. The van der Waals surface area contributed by atoms with E-state index in [4.69, 9.17) is 0 Å². The lowest BCUT2D eigenvalue weighted by Gasteiger charge is -2.02. The summed E-state index contributed by atoms with van der Waals surface area (Å²) in [5.74, 6) is -0.128. The lowest BCUT2D eigenvalue weighted by atomic mass is 10.1. The van der Waals surface area contributed by atoms with Crippen LogP contribution in [0.4, 0.5) is 10.1 Å². The van der Waals surface area contributed by atoms with Crippen LogP contribution in [-0.2, 0) is 4.79 Å². The highest BCUT2D eigenvalue weighted by molar-refractivity contribution is 6.03. The van der Waals surface area contributed by atoms with Crippen molar-refractivity contribution in [1.29, 1.82) is 0 Å². The number of amides is 2. The maximum atomic E-state index is 13.1. The van der Waals surface area contributed by atoms with Gasteiger partial charge < -0.3 is 15.6 Å². The Kier molecular flexibility index (Phi) is 5.57. The van der Waals surface area contributed by atoms with Crippen LogP contribution in [0.1, 0.15) is 15.9 Å². The van der Waals surface area contributed by atoms with Gasteiger partial charge >= 0.3 is 0 Å². The average Bonchev–Trinajstić information content (AvgIpc) is 3.21. The van der Waals surface area contributed by atoms with Gasteiger partial charge in [-0.1, -0.05) is 12.1 Å². The fraction of sp³-hybridized carbons (Fsp3) is 0.0417. The summed E-state index contributed by atoms with van der Waals surface area (Å²) in [6.45, 7) is 0. The Morgan fingerprint density at radius 1 is 1.00 bits per heavy atom. The molecule has 0 radical (unpaired) electrons. The number of aromatic nitrogens is 2. The van der Waals surface area contributed by atoms with Crippen LogP contribution in [0.5, 0.6) is 0 Å². The number of anilines is 1. The molecule has 3 N–H and O–H groups in total. The summed E-state index contributed by atoms with van der Waals surface area (Å²) in [5, 5.41) is 5.37. The van der Waals surface area contributed by atoms with Crippen molar-refractivity contribution in [3.05, 3.63) is 89.8 Å². The van der Waals surface area contributed by atoms with Crippen molar-refractivity contribution in [2.45, 2.75) is 0 Å². The number of H-pyrrole nitrogens is 1. The quantitative estimate of drug-likeness (QED) is 0.424. The summed E-state index contributed by atoms with van der Waals surface area (Å²) >= 11 is 0. The lowest BCUT2D eigenvalue weighted by molar-refractivity contribution is -0.111. The number of fused-ring (bicyclic) bond motifs is 1. The fourth-order valence-corrected chi connectivity index (χ4v) is 3.08. The second-order valence-corrected chi connectivity index (χ2v) is 6.85. The Morgan fingerprint density at radius 2 is 1.74 bits per heavy atom. The molecule has 1 aromatic heterocycles. The first-order valence-corrected chi connectivity index (χ1v) is 9.59. The third-order valence-corrected chi connectivity index (χ3v) is 4.69. The molecule has 0 atom stereocenters. The van der Waals surface area contributed by atoms with E-state index in [-0.39, 0.29) is 17.6 Å². The van der Waals surface area contributed by atoms with Crippen molar-refractivity contribution in [2.24, 2.45) is 0 Å². The van der Waals surface area contributed by atoms with Gasteiger partial charge in [0, 0.05) is 29.9 Å². The third-order valence-electron chi connectivity index (χ3n) is 4.69. The molecular formula is C24H19FN4O2. The van der Waals surface area contributed by atoms with Crippen LogP contribution in [0.2, 0.25) is 0 Å². The zero-order valence-electron chi connectivity index (χ0n) is 16.6. The Bertz CT molecular complexity index is 1280. The van der Waals surface area contributed by atoms with E-state index in [1.54, 1.807) is 67.7 Å². The van der Waals surface area contributed by atoms with Crippen LogP contribution in [0.3, 0.4) is 0 Å². The van der Waals surface area contributed by atoms with Crippen molar-refractivity contribution in [1.82, 2.24) is 15.3 Å². The fourth-order valence-electron chi connectivity index (χ4n) is 3.08. The van der Waals surface area contributed by atoms with Crippen LogP contribution in [0, 0.1) is 5.82 Å². The van der Waals surface area contributed by atoms with Crippen LogP contribution in [0.15, 0.2) is 72.8 Å². The third kappa shape index (κ3) is 4.67. The van der Waals surface area contributed by atoms with E-state index in [0.29, 0.717) is 17.1 Å². The van der Waals surface area contributed by atoms with Crippen LogP contribution in [0.25, 0.3) is 28.5 Å². The first-order valence-electron chi connectivity index (χ1n) is 9.59. The van der Waals surface area contributed by atoms with E-state index in [2.05, 4.69) is 20.6 Å². The van der Waals surface area contributed by atoms with Crippen LogP contribution in [-0.4, -0.2) is 28.8 Å². The molecule has 0 aliphatic heterocycles. The number of carbonyl (C=O) groups excluding carboxylic acids is 2. The Labute approximate surface area is 177 Å². The molecule has 0 aliphatic carbocycles.